The van der Waals surface area contributed by atoms with Crippen molar-refractivity contribution in [3.8, 4) is 11.5 Å². The average Bonchev–Trinajstić information content (AvgIpc) is 2.61. The molecule has 2 N–H and O–H groups in total. The van der Waals surface area contributed by atoms with Crippen LogP contribution >= 0.6 is 0 Å². The molecular weight excluding hydrogens is 300 g/mol. The van der Waals surface area contributed by atoms with Crippen molar-refractivity contribution in [3.63, 3.8) is 0 Å². The van der Waals surface area contributed by atoms with Gasteiger partial charge in [-0.25, -0.2) is 0 Å². The van der Waals surface area contributed by atoms with Crippen molar-refractivity contribution in [2.24, 2.45) is 11.7 Å². The molecule has 1 aliphatic carbocycles. The van der Waals surface area contributed by atoms with Crippen LogP contribution in [0.5, 0.6) is 11.5 Å². The van der Waals surface area contributed by atoms with Crippen LogP contribution in [0.3, 0.4) is 0 Å². The Morgan fingerprint density at radius 1 is 1.04 bits per heavy atom. The zero-order chi connectivity index (χ0) is 16.9. The van der Waals surface area contributed by atoms with Crippen LogP contribution in [0.4, 0.5) is 0 Å². The second-order valence-corrected chi connectivity index (χ2v) is 7.53. The Bertz CT molecular complexity index is 528. The lowest BCUT2D eigenvalue weighted by Crippen LogP contribution is -2.47. The Labute approximate surface area is 146 Å². The van der Waals surface area contributed by atoms with E-state index in [-0.39, 0.29) is 6.04 Å². The van der Waals surface area contributed by atoms with Gasteiger partial charge in [0.15, 0.2) is 11.5 Å². The van der Waals surface area contributed by atoms with Gasteiger partial charge in [0.05, 0.1) is 14.2 Å². The minimum atomic E-state index is 0.264. The lowest BCUT2D eigenvalue weighted by molar-refractivity contribution is 0.147. The molecule has 4 heteroatoms. The summed E-state index contributed by atoms with van der Waals surface area (Å²) in [5.74, 6) is 2.96. The summed E-state index contributed by atoms with van der Waals surface area (Å²) < 4.78 is 10.8. The second-order valence-electron chi connectivity index (χ2n) is 7.53. The molecule has 1 aromatic carbocycles. The molecule has 134 valence electrons. The fourth-order valence-corrected chi connectivity index (χ4v) is 4.46. The monoisotopic (exact) mass is 332 g/mol. The molecule has 2 fully saturated rings. The number of piperidine rings is 1. The van der Waals surface area contributed by atoms with Gasteiger partial charge in [0.2, 0.25) is 0 Å². The van der Waals surface area contributed by atoms with Gasteiger partial charge in [-0.05, 0) is 48.8 Å². The summed E-state index contributed by atoms with van der Waals surface area (Å²) in [4.78, 5) is 2.60. The lowest BCUT2D eigenvalue weighted by atomic mass is 9.85. The highest BCUT2D eigenvalue weighted by molar-refractivity contribution is 5.44. The van der Waals surface area contributed by atoms with E-state index in [1.54, 1.807) is 14.2 Å². The first-order valence-electron chi connectivity index (χ1n) is 9.39. The van der Waals surface area contributed by atoms with Crippen molar-refractivity contribution < 1.29 is 9.47 Å². The largest absolute Gasteiger partial charge is 0.493 e. The first-order chi connectivity index (χ1) is 11.7. The smallest absolute Gasteiger partial charge is 0.160 e. The van der Waals surface area contributed by atoms with Crippen LogP contribution in [0.2, 0.25) is 0 Å². The topological polar surface area (TPSA) is 47.7 Å². The summed E-state index contributed by atoms with van der Waals surface area (Å²) in [6.45, 7) is 3.37. The number of methoxy groups -OCH3 is 2. The third kappa shape index (κ3) is 4.22. The van der Waals surface area contributed by atoms with Crippen LogP contribution in [0.25, 0.3) is 0 Å². The molecule has 1 heterocycles. The molecular formula is C20H32N2O2. The van der Waals surface area contributed by atoms with Gasteiger partial charge in [-0.1, -0.05) is 25.3 Å². The molecule has 2 unspecified atom stereocenters. The van der Waals surface area contributed by atoms with Crippen LogP contribution in [0, 0.1) is 5.92 Å². The van der Waals surface area contributed by atoms with E-state index in [0.29, 0.717) is 5.92 Å². The molecule has 0 bridgehead atoms. The quantitative estimate of drug-likeness (QED) is 0.898. The van der Waals surface area contributed by atoms with Gasteiger partial charge in [0.25, 0.3) is 0 Å². The summed E-state index contributed by atoms with van der Waals surface area (Å²) in [6.07, 6.45) is 8.08. The lowest BCUT2D eigenvalue weighted by Gasteiger charge is -2.39. The number of hydrogen-bond donors (Lipinski definition) is 1. The van der Waals surface area contributed by atoms with Crippen molar-refractivity contribution in [1.29, 1.82) is 0 Å². The van der Waals surface area contributed by atoms with E-state index in [4.69, 9.17) is 15.2 Å². The summed E-state index contributed by atoms with van der Waals surface area (Å²) in [5, 5.41) is 0. The fraction of sp³-hybridized carbons (Fsp3) is 0.700. The Balaban J connectivity index is 1.68. The van der Waals surface area contributed by atoms with Gasteiger partial charge in [-0.2, -0.15) is 0 Å². The van der Waals surface area contributed by atoms with E-state index in [1.165, 1.54) is 44.2 Å². The van der Waals surface area contributed by atoms with Gasteiger partial charge in [-0.3, -0.25) is 0 Å². The van der Waals surface area contributed by atoms with Crippen LogP contribution in [-0.4, -0.2) is 44.8 Å². The highest BCUT2D eigenvalue weighted by Gasteiger charge is 2.28. The highest BCUT2D eigenvalue weighted by Crippen LogP contribution is 2.34. The normalized spacial score (nSPS) is 26.3. The molecule has 24 heavy (non-hydrogen) atoms. The first-order valence-corrected chi connectivity index (χ1v) is 9.39. The zero-order valence-corrected chi connectivity index (χ0v) is 15.2. The van der Waals surface area contributed by atoms with Crippen LogP contribution in [0.1, 0.15) is 50.0 Å². The van der Waals surface area contributed by atoms with E-state index in [9.17, 15) is 0 Å². The molecule has 0 radical (unpaired) electrons. The molecule has 1 saturated heterocycles. The maximum Gasteiger partial charge on any atom is 0.160 e. The van der Waals surface area contributed by atoms with Crippen molar-refractivity contribution in [3.05, 3.63) is 23.8 Å². The van der Waals surface area contributed by atoms with E-state index in [1.807, 2.05) is 6.07 Å². The fourth-order valence-electron chi connectivity index (χ4n) is 4.46. The van der Waals surface area contributed by atoms with Crippen molar-refractivity contribution in [2.75, 3.05) is 33.9 Å². The van der Waals surface area contributed by atoms with Gasteiger partial charge in [0.1, 0.15) is 0 Å². The number of benzene rings is 1. The molecule has 2 aliphatic rings. The molecule has 1 aliphatic heterocycles. The van der Waals surface area contributed by atoms with Crippen LogP contribution in [0.15, 0.2) is 18.2 Å². The van der Waals surface area contributed by atoms with E-state index in [2.05, 4.69) is 17.0 Å². The highest BCUT2D eigenvalue weighted by atomic mass is 16.5. The third-order valence-electron chi connectivity index (χ3n) is 5.68. The molecule has 0 amide bonds. The summed E-state index contributed by atoms with van der Waals surface area (Å²) in [6, 6.07) is 6.57. The zero-order valence-electron chi connectivity index (χ0n) is 15.2. The minimum absolute atomic E-state index is 0.264. The molecule has 0 aromatic heterocycles. The predicted octanol–water partition coefficient (Wildman–Crippen LogP) is 3.40. The van der Waals surface area contributed by atoms with E-state index < -0.39 is 0 Å². The Morgan fingerprint density at radius 2 is 1.79 bits per heavy atom. The summed E-state index contributed by atoms with van der Waals surface area (Å²) >= 11 is 0. The number of nitrogens with two attached hydrogens (primary N) is 1. The van der Waals surface area contributed by atoms with Crippen LogP contribution < -0.4 is 15.2 Å². The maximum absolute atomic E-state index is 6.39. The molecule has 4 nitrogen and oxygen atoms in total. The van der Waals surface area contributed by atoms with Gasteiger partial charge < -0.3 is 20.1 Å². The third-order valence-corrected chi connectivity index (χ3v) is 5.68. The molecule has 0 spiro atoms. The van der Waals surface area contributed by atoms with Crippen molar-refractivity contribution >= 4 is 0 Å². The van der Waals surface area contributed by atoms with Crippen molar-refractivity contribution in [2.45, 2.75) is 50.5 Å². The SMILES string of the molecule is COc1ccc(C2CC(N)CN(CC3CCCCC3)C2)cc1OC. The standard InChI is InChI=1S/C20H32N2O2/c1-23-19-9-8-16(11-20(19)24-2)17-10-18(21)14-22(13-17)12-15-6-4-3-5-7-15/h8-9,11,15,17-18H,3-7,10,12-14,21H2,1-2H3. The number of rotatable bonds is 5. The number of ether oxygens (including phenoxy) is 2. The molecule has 1 aromatic rings. The van der Waals surface area contributed by atoms with Crippen molar-refractivity contribution in [1.82, 2.24) is 4.90 Å². The average molecular weight is 332 g/mol. The van der Waals surface area contributed by atoms with E-state index in [0.717, 1.165) is 36.9 Å². The minimum Gasteiger partial charge on any atom is -0.493 e. The predicted molar refractivity (Wildman–Crippen MR) is 97.9 cm³/mol. The second kappa shape index (κ2) is 8.21. The van der Waals surface area contributed by atoms with Gasteiger partial charge >= 0.3 is 0 Å². The Kier molecular flexibility index (Phi) is 6.01. The molecule has 1 saturated carbocycles. The van der Waals surface area contributed by atoms with Gasteiger partial charge in [-0.15, -0.1) is 0 Å². The molecule has 2 atom stereocenters. The number of nitrogens with zero attached hydrogens (tertiary/aromatic N) is 1. The van der Waals surface area contributed by atoms with Crippen LogP contribution in [-0.2, 0) is 0 Å². The first kappa shape index (κ1) is 17.6. The Hall–Kier alpha value is -1.26. The number of hydrogen-bond acceptors (Lipinski definition) is 4. The summed E-state index contributed by atoms with van der Waals surface area (Å²) in [7, 11) is 3.38. The van der Waals surface area contributed by atoms with E-state index >= 15 is 0 Å². The van der Waals surface area contributed by atoms with Gasteiger partial charge in [0, 0.05) is 25.7 Å². The molecule has 3 rings (SSSR count). The summed E-state index contributed by atoms with van der Waals surface area (Å²) in [5.41, 5.74) is 7.70. The maximum atomic E-state index is 6.39. The number of likely N-dealkylation sites (tertiary alicyclic amines) is 1. The Morgan fingerprint density at radius 3 is 2.50 bits per heavy atom.